The number of nitriles is 1. The molecule has 0 atom stereocenters. The Balaban J connectivity index is 2.50. The second kappa shape index (κ2) is 6.36. The maximum absolute atomic E-state index is 9.87. The first-order valence-electron chi connectivity index (χ1n) is 6.83. The van der Waals surface area contributed by atoms with Gasteiger partial charge in [-0.2, -0.15) is 5.26 Å². The molecular weight excluding hydrogens is 246 g/mol. The number of hydrogen-bond donors (Lipinski definition) is 0. The van der Waals surface area contributed by atoms with Gasteiger partial charge in [0, 0.05) is 0 Å². The summed E-state index contributed by atoms with van der Waals surface area (Å²) >= 11 is 0. The summed E-state index contributed by atoms with van der Waals surface area (Å²) in [5.74, 6) is 0. The van der Waals surface area contributed by atoms with E-state index in [4.69, 9.17) is 4.74 Å². The molecule has 102 valence electrons. The van der Waals surface area contributed by atoms with Gasteiger partial charge >= 0.3 is 0 Å². The number of hydrogen-bond acceptors (Lipinski definition) is 2. The van der Waals surface area contributed by atoms with E-state index in [0.29, 0.717) is 6.61 Å². The van der Waals surface area contributed by atoms with Crippen LogP contribution in [0.2, 0.25) is 0 Å². The molecule has 2 rings (SSSR count). The van der Waals surface area contributed by atoms with E-state index >= 15 is 0 Å². The Kier molecular flexibility index (Phi) is 4.55. The third-order valence-corrected chi connectivity index (χ3v) is 3.36. The third kappa shape index (κ3) is 2.89. The van der Waals surface area contributed by atoms with Crippen molar-refractivity contribution in [2.75, 3.05) is 6.61 Å². The summed E-state index contributed by atoms with van der Waals surface area (Å²) in [7, 11) is 0. The summed E-state index contributed by atoms with van der Waals surface area (Å²) < 4.78 is 5.78. The molecule has 0 aliphatic rings. The normalized spacial score (nSPS) is 11.3. The van der Waals surface area contributed by atoms with Gasteiger partial charge in [0.25, 0.3) is 0 Å². The summed E-state index contributed by atoms with van der Waals surface area (Å²) in [5, 5.41) is 9.87. The molecule has 0 spiro atoms. The Hall–Kier alpha value is -2.11. The number of ether oxygens (including phenoxy) is 1. The highest BCUT2D eigenvalue weighted by molar-refractivity contribution is 5.46. The molecule has 0 fully saturated rings. The van der Waals surface area contributed by atoms with Crippen molar-refractivity contribution in [1.29, 1.82) is 5.26 Å². The maximum atomic E-state index is 9.87. The predicted molar refractivity (Wildman–Crippen MR) is 80.4 cm³/mol. The largest absolute Gasteiger partial charge is 0.376 e. The van der Waals surface area contributed by atoms with Gasteiger partial charge in [0.05, 0.1) is 18.8 Å². The van der Waals surface area contributed by atoms with Crippen LogP contribution in [0.1, 0.15) is 25.0 Å². The SMILES string of the molecule is CC(C)OCC(C#N)(c1ccccc1)c1ccccc1. The number of benzene rings is 2. The second-order valence-corrected chi connectivity index (χ2v) is 5.11. The zero-order valence-electron chi connectivity index (χ0n) is 11.9. The highest BCUT2D eigenvalue weighted by Gasteiger charge is 2.35. The van der Waals surface area contributed by atoms with E-state index < -0.39 is 5.41 Å². The van der Waals surface area contributed by atoms with Gasteiger partial charge in [-0.15, -0.1) is 0 Å². The van der Waals surface area contributed by atoms with Crippen molar-refractivity contribution in [2.24, 2.45) is 0 Å². The van der Waals surface area contributed by atoms with E-state index in [-0.39, 0.29) is 6.10 Å². The summed E-state index contributed by atoms with van der Waals surface area (Å²) in [5.41, 5.74) is 1.18. The van der Waals surface area contributed by atoms with E-state index in [1.165, 1.54) is 0 Å². The minimum atomic E-state index is -0.757. The predicted octanol–water partition coefficient (Wildman–Crippen LogP) is 3.92. The molecule has 20 heavy (non-hydrogen) atoms. The Labute approximate surface area is 120 Å². The van der Waals surface area contributed by atoms with E-state index in [0.717, 1.165) is 11.1 Å². The van der Waals surface area contributed by atoms with E-state index in [1.54, 1.807) is 0 Å². The molecule has 0 aromatic heterocycles. The van der Waals surface area contributed by atoms with Gasteiger partial charge in [-0.05, 0) is 25.0 Å². The molecule has 0 saturated heterocycles. The highest BCUT2D eigenvalue weighted by Crippen LogP contribution is 2.32. The third-order valence-electron chi connectivity index (χ3n) is 3.36. The van der Waals surface area contributed by atoms with Gasteiger partial charge < -0.3 is 4.74 Å². The molecule has 2 aromatic rings. The number of nitrogens with zero attached hydrogens (tertiary/aromatic N) is 1. The zero-order valence-corrected chi connectivity index (χ0v) is 11.9. The van der Waals surface area contributed by atoms with Gasteiger partial charge in [-0.1, -0.05) is 60.7 Å². The van der Waals surface area contributed by atoms with Gasteiger partial charge in [0.2, 0.25) is 0 Å². The summed E-state index contributed by atoms with van der Waals surface area (Å²) in [4.78, 5) is 0. The maximum Gasteiger partial charge on any atom is 0.130 e. The first-order valence-corrected chi connectivity index (χ1v) is 6.83. The molecule has 0 bridgehead atoms. The first kappa shape index (κ1) is 14.3. The lowest BCUT2D eigenvalue weighted by atomic mass is 9.76. The minimum absolute atomic E-state index is 0.0927. The van der Waals surface area contributed by atoms with Gasteiger partial charge in [-0.25, -0.2) is 0 Å². The van der Waals surface area contributed by atoms with Crippen LogP contribution >= 0.6 is 0 Å². The van der Waals surface area contributed by atoms with Crippen molar-refractivity contribution >= 4 is 0 Å². The van der Waals surface area contributed by atoms with Gasteiger partial charge in [0.1, 0.15) is 5.41 Å². The monoisotopic (exact) mass is 265 g/mol. The first-order chi connectivity index (χ1) is 9.69. The molecule has 0 unspecified atom stereocenters. The van der Waals surface area contributed by atoms with Crippen molar-refractivity contribution in [3.63, 3.8) is 0 Å². The Morgan fingerprint density at radius 3 is 1.75 bits per heavy atom. The summed E-state index contributed by atoms with van der Waals surface area (Å²) in [6.45, 7) is 4.32. The topological polar surface area (TPSA) is 33.0 Å². The Morgan fingerprint density at radius 2 is 1.40 bits per heavy atom. The standard InChI is InChI=1S/C18H19NO/c1-15(2)20-14-18(13-19,16-9-5-3-6-10-16)17-11-7-4-8-12-17/h3-12,15H,14H2,1-2H3. The second-order valence-electron chi connectivity index (χ2n) is 5.11. The summed E-state index contributed by atoms with van der Waals surface area (Å²) in [6.07, 6.45) is 0.0927. The van der Waals surface area contributed by atoms with Crippen LogP contribution in [0.3, 0.4) is 0 Å². The molecule has 2 heteroatoms. The molecule has 2 nitrogen and oxygen atoms in total. The fraction of sp³-hybridized carbons (Fsp3) is 0.278. The minimum Gasteiger partial charge on any atom is -0.376 e. The van der Waals surface area contributed by atoms with Crippen molar-refractivity contribution in [3.8, 4) is 6.07 Å². The highest BCUT2D eigenvalue weighted by atomic mass is 16.5. The van der Waals surface area contributed by atoms with Crippen molar-refractivity contribution < 1.29 is 4.74 Å². The Morgan fingerprint density at radius 1 is 0.950 bits per heavy atom. The molecule has 2 aromatic carbocycles. The molecule has 0 N–H and O–H groups in total. The molecule has 0 aliphatic heterocycles. The van der Waals surface area contributed by atoms with Crippen LogP contribution in [0.5, 0.6) is 0 Å². The summed E-state index contributed by atoms with van der Waals surface area (Å²) in [6, 6.07) is 22.2. The van der Waals surface area contributed by atoms with E-state index in [9.17, 15) is 5.26 Å². The van der Waals surface area contributed by atoms with Gasteiger partial charge in [-0.3, -0.25) is 0 Å². The average molecular weight is 265 g/mol. The van der Waals surface area contributed by atoms with Crippen molar-refractivity contribution in [1.82, 2.24) is 0 Å². The molecular formula is C18H19NO. The lowest BCUT2D eigenvalue weighted by Gasteiger charge is -2.28. The van der Waals surface area contributed by atoms with E-state index in [1.807, 2.05) is 74.5 Å². The lowest BCUT2D eigenvalue weighted by Crippen LogP contribution is -2.33. The fourth-order valence-electron chi connectivity index (χ4n) is 2.23. The smallest absolute Gasteiger partial charge is 0.130 e. The van der Waals surface area contributed by atoms with Crippen LogP contribution in [-0.4, -0.2) is 12.7 Å². The van der Waals surface area contributed by atoms with Crippen LogP contribution in [0.15, 0.2) is 60.7 Å². The lowest BCUT2D eigenvalue weighted by molar-refractivity contribution is 0.0606. The molecule has 0 heterocycles. The van der Waals surface area contributed by atoms with Crippen molar-refractivity contribution in [2.45, 2.75) is 25.4 Å². The molecule has 0 aliphatic carbocycles. The van der Waals surface area contributed by atoms with Crippen LogP contribution in [0.4, 0.5) is 0 Å². The van der Waals surface area contributed by atoms with Crippen LogP contribution in [0.25, 0.3) is 0 Å². The van der Waals surface area contributed by atoms with E-state index in [2.05, 4.69) is 6.07 Å². The molecule has 0 saturated carbocycles. The molecule has 0 radical (unpaired) electrons. The van der Waals surface area contributed by atoms with Crippen molar-refractivity contribution in [3.05, 3.63) is 71.8 Å². The van der Waals surface area contributed by atoms with Crippen LogP contribution < -0.4 is 0 Å². The Bertz CT molecular complexity index is 530. The van der Waals surface area contributed by atoms with Gasteiger partial charge in [0.15, 0.2) is 0 Å². The fourth-order valence-corrected chi connectivity index (χ4v) is 2.23. The zero-order chi connectivity index (χ0) is 14.4. The quantitative estimate of drug-likeness (QED) is 0.820. The van der Waals surface area contributed by atoms with Crippen LogP contribution in [-0.2, 0) is 10.2 Å². The number of rotatable bonds is 5. The average Bonchev–Trinajstić information content (AvgIpc) is 2.50. The van der Waals surface area contributed by atoms with Crippen LogP contribution in [0, 0.1) is 11.3 Å². The molecule has 0 amide bonds.